The molecule has 2 aromatic rings. The first-order valence-corrected chi connectivity index (χ1v) is 7.72. The van der Waals surface area contributed by atoms with Crippen LogP contribution in [0, 0.1) is 0 Å². The molecule has 0 saturated carbocycles. The summed E-state index contributed by atoms with van der Waals surface area (Å²) in [5, 5.41) is 7.82. The molecule has 0 unspecified atom stereocenters. The van der Waals surface area contributed by atoms with Crippen LogP contribution in [0.5, 0.6) is 5.88 Å². The zero-order valence-corrected chi connectivity index (χ0v) is 12.3. The van der Waals surface area contributed by atoms with E-state index in [0.29, 0.717) is 11.8 Å². The van der Waals surface area contributed by atoms with Gasteiger partial charge in [0.05, 0.1) is 12.7 Å². The number of ether oxygens (including phenoxy) is 1. The zero-order valence-electron chi connectivity index (χ0n) is 10.7. The molecule has 0 aromatic carbocycles. The third-order valence-electron chi connectivity index (χ3n) is 2.14. The van der Waals surface area contributed by atoms with Gasteiger partial charge in [-0.3, -0.25) is 0 Å². The maximum Gasteiger partial charge on any atom is 0.344 e. The van der Waals surface area contributed by atoms with Crippen molar-refractivity contribution >= 4 is 33.9 Å². The summed E-state index contributed by atoms with van der Waals surface area (Å²) in [5.74, 6) is 0.920. The minimum Gasteiger partial charge on any atom is -0.481 e. The highest BCUT2D eigenvalue weighted by atomic mass is 32.2. The summed E-state index contributed by atoms with van der Waals surface area (Å²) in [6.07, 6.45) is 5.50. The standard InChI is InChI=1S/C11H12N4O2S2/c1-16-8-5-4-7(6-12-8)9-14-15-10(17-9)13-11(18-2)19-3/h4-6H,1-3H3. The topological polar surface area (TPSA) is 73.4 Å². The predicted molar refractivity (Wildman–Crippen MR) is 78.2 cm³/mol. The van der Waals surface area contributed by atoms with Crippen molar-refractivity contribution in [1.29, 1.82) is 0 Å². The maximum absolute atomic E-state index is 5.46. The third-order valence-corrected chi connectivity index (χ3v) is 4.02. The van der Waals surface area contributed by atoms with Gasteiger partial charge < -0.3 is 9.15 Å². The van der Waals surface area contributed by atoms with Gasteiger partial charge in [0.2, 0.25) is 5.88 Å². The molecule has 6 nitrogen and oxygen atoms in total. The molecule has 0 radical (unpaired) electrons. The van der Waals surface area contributed by atoms with Gasteiger partial charge >= 0.3 is 6.01 Å². The van der Waals surface area contributed by atoms with Crippen LogP contribution in [0.25, 0.3) is 11.5 Å². The van der Waals surface area contributed by atoms with Crippen LogP contribution in [0.15, 0.2) is 27.7 Å². The van der Waals surface area contributed by atoms with E-state index in [1.807, 2.05) is 12.5 Å². The minimum absolute atomic E-state index is 0.240. The van der Waals surface area contributed by atoms with Crippen molar-refractivity contribution in [2.45, 2.75) is 0 Å². The highest BCUT2D eigenvalue weighted by molar-refractivity contribution is 8.38. The first-order valence-electron chi connectivity index (χ1n) is 5.27. The van der Waals surface area contributed by atoms with Gasteiger partial charge in [0.25, 0.3) is 5.89 Å². The van der Waals surface area contributed by atoms with Gasteiger partial charge in [-0.2, -0.15) is 4.99 Å². The Morgan fingerprint density at radius 2 is 2.05 bits per heavy atom. The number of pyridine rings is 1. The van der Waals surface area contributed by atoms with Crippen LogP contribution in [0.3, 0.4) is 0 Å². The normalized spacial score (nSPS) is 10.3. The average Bonchev–Trinajstić information content (AvgIpc) is 2.93. The quantitative estimate of drug-likeness (QED) is 0.637. The Morgan fingerprint density at radius 1 is 1.26 bits per heavy atom. The first kappa shape index (κ1) is 13.9. The molecule has 0 bridgehead atoms. The van der Waals surface area contributed by atoms with E-state index in [-0.39, 0.29) is 6.01 Å². The van der Waals surface area contributed by atoms with Crippen molar-refractivity contribution in [2.24, 2.45) is 4.99 Å². The monoisotopic (exact) mass is 296 g/mol. The molecule has 0 saturated heterocycles. The second-order valence-corrected chi connectivity index (χ2v) is 5.11. The van der Waals surface area contributed by atoms with Crippen molar-refractivity contribution in [3.05, 3.63) is 18.3 Å². The van der Waals surface area contributed by atoms with Crippen molar-refractivity contribution in [2.75, 3.05) is 19.6 Å². The van der Waals surface area contributed by atoms with Crippen LogP contribution >= 0.6 is 23.5 Å². The molecule has 0 atom stereocenters. The van der Waals surface area contributed by atoms with Crippen LogP contribution in [0.4, 0.5) is 6.01 Å². The molecular formula is C11H12N4O2S2. The van der Waals surface area contributed by atoms with Crippen molar-refractivity contribution in [1.82, 2.24) is 15.2 Å². The highest BCUT2D eigenvalue weighted by Gasteiger charge is 2.09. The van der Waals surface area contributed by atoms with E-state index in [4.69, 9.17) is 9.15 Å². The molecule has 0 spiro atoms. The van der Waals surface area contributed by atoms with Gasteiger partial charge in [0.1, 0.15) is 4.38 Å². The highest BCUT2D eigenvalue weighted by Crippen LogP contribution is 2.24. The number of thioether (sulfide) groups is 2. The smallest absolute Gasteiger partial charge is 0.344 e. The van der Waals surface area contributed by atoms with Crippen LogP contribution in [0.2, 0.25) is 0 Å². The van der Waals surface area contributed by atoms with Crippen LogP contribution in [-0.2, 0) is 0 Å². The molecule has 0 amide bonds. The Bertz CT molecular complexity index is 562. The second-order valence-electron chi connectivity index (χ2n) is 3.26. The van der Waals surface area contributed by atoms with Gasteiger partial charge in [0, 0.05) is 12.3 Å². The molecule has 0 fully saturated rings. The molecule has 100 valence electrons. The Kier molecular flexibility index (Phi) is 4.80. The van der Waals surface area contributed by atoms with Gasteiger partial charge in [-0.15, -0.1) is 28.6 Å². The van der Waals surface area contributed by atoms with E-state index in [9.17, 15) is 0 Å². The fourth-order valence-corrected chi connectivity index (χ4v) is 2.26. The lowest BCUT2D eigenvalue weighted by Gasteiger charge is -1.97. The number of hydrogen-bond donors (Lipinski definition) is 0. The molecule has 0 aliphatic carbocycles. The molecule has 0 aliphatic heterocycles. The van der Waals surface area contributed by atoms with E-state index in [1.165, 1.54) is 23.5 Å². The van der Waals surface area contributed by atoms with E-state index in [2.05, 4.69) is 20.2 Å². The van der Waals surface area contributed by atoms with E-state index in [1.54, 1.807) is 25.4 Å². The van der Waals surface area contributed by atoms with E-state index in [0.717, 1.165) is 9.94 Å². The van der Waals surface area contributed by atoms with Crippen molar-refractivity contribution in [3.63, 3.8) is 0 Å². The van der Waals surface area contributed by atoms with Crippen molar-refractivity contribution in [3.8, 4) is 17.3 Å². The number of aliphatic imine (C=N–C) groups is 1. The zero-order chi connectivity index (χ0) is 13.7. The molecule has 2 heterocycles. The molecule has 2 rings (SSSR count). The summed E-state index contributed by atoms with van der Waals surface area (Å²) in [4.78, 5) is 8.31. The summed E-state index contributed by atoms with van der Waals surface area (Å²) in [7, 11) is 1.56. The first-order chi connectivity index (χ1) is 9.26. The second kappa shape index (κ2) is 6.58. The lowest BCUT2D eigenvalue weighted by molar-refractivity contribution is 0.398. The number of methoxy groups -OCH3 is 1. The largest absolute Gasteiger partial charge is 0.481 e. The average molecular weight is 296 g/mol. The number of hydrogen-bond acceptors (Lipinski definition) is 8. The maximum atomic E-state index is 5.46. The Balaban J connectivity index is 2.22. The minimum atomic E-state index is 0.240. The fourth-order valence-electron chi connectivity index (χ4n) is 1.26. The lowest BCUT2D eigenvalue weighted by Crippen LogP contribution is -1.87. The Morgan fingerprint density at radius 3 is 2.63 bits per heavy atom. The van der Waals surface area contributed by atoms with Gasteiger partial charge in [0.15, 0.2) is 0 Å². The molecule has 0 aliphatic rings. The number of nitrogens with zero attached hydrogens (tertiary/aromatic N) is 4. The van der Waals surface area contributed by atoms with E-state index < -0.39 is 0 Å². The summed E-state index contributed by atoms with van der Waals surface area (Å²) >= 11 is 3.06. The number of aromatic nitrogens is 3. The molecular weight excluding hydrogens is 284 g/mol. The van der Waals surface area contributed by atoms with Crippen LogP contribution in [-0.4, -0.2) is 39.2 Å². The summed E-state index contributed by atoms with van der Waals surface area (Å²) in [6, 6.07) is 3.78. The molecule has 19 heavy (non-hydrogen) atoms. The van der Waals surface area contributed by atoms with E-state index >= 15 is 0 Å². The molecule has 2 aromatic heterocycles. The van der Waals surface area contributed by atoms with Crippen LogP contribution < -0.4 is 4.74 Å². The molecule has 0 N–H and O–H groups in total. The van der Waals surface area contributed by atoms with Gasteiger partial charge in [-0.05, 0) is 18.6 Å². The van der Waals surface area contributed by atoms with Gasteiger partial charge in [-0.1, -0.05) is 5.10 Å². The summed E-state index contributed by atoms with van der Waals surface area (Å²) < 4.78 is 11.3. The fraction of sp³-hybridized carbons (Fsp3) is 0.273. The Labute approximate surface area is 119 Å². The SMILES string of the molecule is COc1ccc(-c2nnc(N=C(SC)SC)o2)cn1. The lowest BCUT2D eigenvalue weighted by atomic mass is 10.3. The summed E-state index contributed by atoms with van der Waals surface area (Å²) in [5.41, 5.74) is 0.726. The third kappa shape index (κ3) is 3.48. The van der Waals surface area contributed by atoms with Crippen molar-refractivity contribution < 1.29 is 9.15 Å². The predicted octanol–water partition coefficient (Wildman–Crippen LogP) is 2.85. The summed E-state index contributed by atoms with van der Waals surface area (Å²) in [6.45, 7) is 0. The Hall–Kier alpha value is -1.54. The van der Waals surface area contributed by atoms with Gasteiger partial charge in [-0.25, -0.2) is 4.98 Å². The van der Waals surface area contributed by atoms with Crippen LogP contribution in [0.1, 0.15) is 0 Å². The number of rotatable bonds is 3. The molecule has 8 heteroatoms.